The summed E-state index contributed by atoms with van der Waals surface area (Å²) in [6.45, 7) is 7.05. The van der Waals surface area contributed by atoms with Gasteiger partial charge in [-0.1, -0.05) is 48.0 Å². The highest BCUT2D eigenvalue weighted by atomic mass is 35.5. The number of rotatable bonds is 6. The SMILES string of the molecule is CC(C)(CNC(=O)CCc1cccc(Cl)c1)N1CCc2ccccc2C1. The molecule has 1 aliphatic rings. The van der Waals surface area contributed by atoms with Crippen LogP contribution < -0.4 is 5.32 Å². The van der Waals surface area contributed by atoms with Crippen molar-refractivity contribution in [2.75, 3.05) is 13.1 Å². The monoisotopic (exact) mass is 370 g/mol. The summed E-state index contributed by atoms with van der Waals surface area (Å²) in [5, 5.41) is 3.83. The van der Waals surface area contributed by atoms with Crippen LogP contribution in [0.3, 0.4) is 0 Å². The lowest BCUT2D eigenvalue weighted by Gasteiger charge is -2.41. The lowest BCUT2D eigenvalue weighted by molar-refractivity contribution is -0.121. The van der Waals surface area contributed by atoms with E-state index in [4.69, 9.17) is 11.6 Å². The lowest BCUT2D eigenvalue weighted by atomic mass is 9.94. The van der Waals surface area contributed by atoms with Gasteiger partial charge in [0.15, 0.2) is 0 Å². The van der Waals surface area contributed by atoms with E-state index in [0.29, 0.717) is 19.4 Å². The minimum absolute atomic E-state index is 0.0702. The summed E-state index contributed by atoms with van der Waals surface area (Å²) in [7, 11) is 0. The number of aryl methyl sites for hydroxylation is 1. The van der Waals surface area contributed by atoms with Gasteiger partial charge in [-0.25, -0.2) is 0 Å². The molecule has 0 saturated carbocycles. The average molecular weight is 371 g/mol. The highest BCUT2D eigenvalue weighted by Crippen LogP contribution is 2.25. The van der Waals surface area contributed by atoms with E-state index in [9.17, 15) is 4.79 Å². The summed E-state index contributed by atoms with van der Waals surface area (Å²) in [6, 6.07) is 16.3. The van der Waals surface area contributed by atoms with E-state index in [2.05, 4.69) is 48.3 Å². The third-order valence-corrected chi connectivity index (χ3v) is 5.47. The minimum atomic E-state index is -0.0702. The summed E-state index contributed by atoms with van der Waals surface area (Å²) in [5.74, 6) is 0.0930. The molecule has 0 aromatic heterocycles. The van der Waals surface area contributed by atoms with Gasteiger partial charge in [0.05, 0.1) is 0 Å². The van der Waals surface area contributed by atoms with Crippen LogP contribution in [0.25, 0.3) is 0 Å². The predicted molar refractivity (Wildman–Crippen MR) is 107 cm³/mol. The van der Waals surface area contributed by atoms with E-state index in [1.165, 1.54) is 11.1 Å². The highest BCUT2D eigenvalue weighted by molar-refractivity contribution is 6.30. The number of hydrogen-bond acceptors (Lipinski definition) is 2. The van der Waals surface area contributed by atoms with Crippen molar-refractivity contribution in [3.63, 3.8) is 0 Å². The fourth-order valence-electron chi connectivity index (χ4n) is 3.48. The van der Waals surface area contributed by atoms with Crippen LogP contribution in [-0.2, 0) is 24.2 Å². The van der Waals surface area contributed by atoms with Gasteiger partial charge in [-0.3, -0.25) is 9.69 Å². The average Bonchev–Trinajstić information content (AvgIpc) is 2.64. The number of carbonyl (C=O) groups excluding carboxylic acids is 1. The van der Waals surface area contributed by atoms with Gasteiger partial charge in [-0.05, 0) is 55.5 Å². The van der Waals surface area contributed by atoms with Crippen LogP contribution in [0.5, 0.6) is 0 Å². The zero-order chi connectivity index (χ0) is 18.6. The standard InChI is InChI=1S/C22H27ClN2O/c1-22(2,25-13-12-18-7-3-4-8-19(18)15-25)16-24-21(26)11-10-17-6-5-9-20(23)14-17/h3-9,14H,10-13,15-16H2,1-2H3,(H,24,26). The molecule has 0 radical (unpaired) electrons. The molecule has 0 saturated heterocycles. The molecule has 3 rings (SSSR count). The second-order valence-electron chi connectivity index (χ2n) is 7.66. The Kier molecular flexibility index (Phi) is 6.00. The largest absolute Gasteiger partial charge is 0.354 e. The topological polar surface area (TPSA) is 32.3 Å². The van der Waals surface area contributed by atoms with Gasteiger partial charge in [-0.2, -0.15) is 0 Å². The molecule has 1 aliphatic heterocycles. The first-order valence-corrected chi connectivity index (χ1v) is 9.65. The number of nitrogens with one attached hydrogen (secondary N) is 1. The van der Waals surface area contributed by atoms with Crippen molar-refractivity contribution in [3.8, 4) is 0 Å². The molecular weight excluding hydrogens is 344 g/mol. The maximum Gasteiger partial charge on any atom is 0.220 e. The van der Waals surface area contributed by atoms with Crippen molar-refractivity contribution in [1.82, 2.24) is 10.2 Å². The van der Waals surface area contributed by atoms with Gasteiger partial charge in [0, 0.05) is 36.6 Å². The van der Waals surface area contributed by atoms with Gasteiger partial charge in [-0.15, -0.1) is 0 Å². The number of benzene rings is 2. The van der Waals surface area contributed by atoms with Crippen LogP contribution in [0.15, 0.2) is 48.5 Å². The Balaban J connectivity index is 1.49. The molecule has 0 bridgehead atoms. The molecule has 1 N–H and O–H groups in total. The van der Waals surface area contributed by atoms with Crippen LogP contribution in [0.2, 0.25) is 5.02 Å². The molecule has 138 valence electrons. The molecular formula is C22H27ClN2O. The Morgan fingerprint density at radius 2 is 1.92 bits per heavy atom. The lowest BCUT2D eigenvalue weighted by Crippen LogP contribution is -2.53. The Morgan fingerprint density at radius 1 is 1.15 bits per heavy atom. The third-order valence-electron chi connectivity index (χ3n) is 5.23. The van der Waals surface area contributed by atoms with E-state index < -0.39 is 0 Å². The zero-order valence-corrected chi connectivity index (χ0v) is 16.4. The molecule has 1 heterocycles. The van der Waals surface area contributed by atoms with Gasteiger partial charge in [0.25, 0.3) is 0 Å². The number of amides is 1. The number of hydrogen-bond donors (Lipinski definition) is 1. The van der Waals surface area contributed by atoms with Gasteiger partial charge >= 0.3 is 0 Å². The van der Waals surface area contributed by atoms with Gasteiger partial charge < -0.3 is 5.32 Å². The Labute approximate surface area is 161 Å². The molecule has 0 fully saturated rings. The fourth-order valence-corrected chi connectivity index (χ4v) is 3.69. The Morgan fingerprint density at radius 3 is 2.69 bits per heavy atom. The van der Waals surface area contributed by atoms with E-state index in [1.807, 2.05) is 24.3 Å². The van der Waals surface area contributed by atoms with Crippen molar-refractivity contribution in [2.45, 2.75) is 45.2 Å². The van der Waals surface area contributed by atoms with Crippen LogP contribution in [0.1, 0.15) is 37.0 Å². The third kappa shape index (κ3) is 4.87. The molecule has 0 spiro atoms. The summed E-state index contributed by atoms with van der Waals surface area (Å²) in [5.41, 5.74) is 3.88. The van der Waals surface area contributed by atoms with Gasteiger partial charge in [0.1, 0.15) is 0 Å². The first kappa shape index (κ1) is 18.9. The molecule has 1 amide bonds. The summed E-state index contributed by atoms with van der Waals surface area (Å²) < 4.78 is 0. The smallest absolute Gasteiger partial charge is 0.220 e. The molecule has 0 atom stereocenters. The van der Waals surface area contributed by atoms with Crippen molar-refractivity contribution in [3.05, 3.63) is 70.2 Å². The number of fused-ring (bicyclic) bond motifs is 1. The van der Waals surface area contributed by atoms with Crippen LogP contribution in [-0.4, -0.2) is 29.4 Å². The van der Waals surface area contributed by atoms with Crippen LogP contribution in [0, 0.1) is 0 Å². The second-order valence-corrected chi connectivity index (χ2v) is 8.10. The van der Waals surface area contributed by atoms with Gasteiger partial charge in [0.2, 0.25) is 5.91 Å². The van der Waals surface area contributed by atoms with E-state index in [1.54, 1.807) is 0 Å². The molecule has 0 unspecified atom stereocenters. The number of halogens is 1. The molecule has 3 nitrogen and oxygen atoms in total. The van der Waals surface area contributed by atoms with E-state index >= 15 is 0 Å². The van der Waals surface area contributed by atoms with Crippen LogP contribution >= 0.6 is 11.6 Å². The quantitative estimate of drug-likeness (QED) is 0.825. The molecule has 26 heavy (non-hydrogen) atoms. The first-order chi connectivity index (χ1) is 12.4. The normalized spacial score (nSPS) is 14.7. The maximum atomic E-state index is 12.3. The number of carbonyl (C=O) groups is 1. The summed E-state index contributed by atoms with van der Waals surface area (Å²) >= 11 is 6.00. The number of nitrogens with zero attached hydrogens (tertiary/aromatic N) is 1. The maximum absolute atomic E-state index is 12.3. The second kappa shape index (κ2) is 8.24. The summed E-state index contributed by atoms with van der Waals surface area (Å²) in [4.78, 5) is 14.7. The Bertz CT molecular complexity index is 772. The molecule has 2 aromatic carbocycles. The predicted octanol–water partition coefficient (Wildman–Crippen LogP) is 4.23. The summed E-state index contributed by atoms with van der Waals surface area (Å²) in [6.07, 6.45) is 2.27. The van der Waals surface area contributed by atoms with Crippen LogP contribution in [0.4, 0.5) is 0 Å². The highest BCUT2D eigenvalue weighted by Gasteiger charge is 2.29. The fraction of sp³-hybridized carbons (Fsp3) is 0.409. The molecule has 4 heteroatoms. The van der Waals surface area contributed by atoms with E-state index in [-0.39, 0.29) is 11.4 Å². The minimum Gasteiger partial charge on any atom is -0.354 e. The zero-order valence-electron chi connectivity index (χ0n) is 15.6. The molecule has 0 aliphatic carbocycles. The molecule has 2 aromatic rings. The Hall–Kier alpha value is -1.84. The van der Waals surface area contributed by atoms with Crippen molar-refractivity contribution in [2.24, 2.45) is 0 Å². The first-order valence-electron chi connectivity index (χ1n) is 9.27. The van der Waals surface area contributed by atoms with E-state index in [0.717, 1.165) is 30.1 Å². The van der Waals surface area contributed by atoms with Crippen molar-refractivity contribution < 1.29 is 4.79 Å². The van der Waals surface area contributed by atoms with Crippen molar-refractivity contribution >= 4 is 17.5 Å². The van der Waals surface area contributed by atoms with Crippen molar-refractivity contribution in [1.29, 1.82) is 0 Å².